The molecule has 0 aliphatic carbocycles. The fourth-order valence-corrected chi connectivity index (χ4v) is 2.72. The second-order valence-electron chi connectivity index (χ2n) is 6.55. The van der Waals surface area contributed by atoms with Crippen LogP contribution in [-0.2, 0) is 10.9 Å². The molecule has 10 nitrogen and oxygen atoms in total. The molecule has 1 aliphatic rings. The van der Waals surface area contributed by atoms with Gasteiger partial charge in [0.15, 0.2) is 0 Å². The van der Waals surface area contributed by atoms with Gasteiger partial charge in [0.1, 0.15) is 12.4 Å². The van der Waals surface area contributed by atoms with Crippen LogP contribution in [0.2, 0.25) is 0 Å². The molecule has 1 amide bonds. The van der Waals surface area contributed by atoms with Crippen LogP contribution in [0, 0.1) is 6.92 Å². The monoisotopic (exact) mass is 427 g/mol. The van der Waals surface area contributed by atoms with Gasteiger partial charge in [0.25, 0.3) is 5.56 Å². The molecule has 1 saturated heterocycles. The van der Waals surface area contributed by atoms with Crippen LogP contribution >= 0.6 is 0 Å². The van der Waals surface area contributed by atoms with Crippen molar-refractivity contribution < 1.29 is 22.7 Å². The Hall–Kier alpha value is -3.38. The number of piperazine rings is 1. The Morgan fingerprint density at radius 2 is 1.90 bits per heavy atom. The standard InChI is InChI=1S/C17H20F3N7O3/c1-11-8-13(24-25-14(11)28)21-2-7-30-16(29)27-5-3-26(4-6-27)15-22-9-12(10-23-15)17(18,19)20/h8-10H,2-7H2,1H3,(H,21,24)(H,25,28). The van der Waals surface area contributed by atoms with E-state index in [9.17, 15) is 22.8 Å². The highest BCUT2D eigenvalue weighted by Gasteiger charge is 2.32. The second-order valence-corrected chi connectivity index (χ2v) is 6.55. The molecule has 0 spiro atoms. The van der Waals surface area contributed by atoms with Gasteiger partial charge in [-0.1, -0.05) is 0 Å². The van der Waals surface area contributed by atoms with Crippen molar-refractivity contribution in [2.24, 2.45) is 0 Å². The number of aromatic nitrogens is 4. The van der Waals surface area contributed by atoms with Crippen LogP contribution < -0.4 is 15.8 Å². The van der Waals surface area contributed by atoms with Crippen LogP contribution in [0.1, 0.15) is 11.1 Å². The molecule has 2 aromatic heterocycles. The van der Waals surface area contributed by atoms with Gasteiger partial charge in [-0.3, -0.25) is 4.79 Å². The Kier molecular flexibility index (Phi) is 6.37. The summed E-state index contributed by atoms with van der Waals surface area (Å²) in [5.74, 6) is 0.650. The number of ether oxygens (including phenoxy) is 1. The zero-order valence-corrected chi connectivity index (χ0v) is 16.1. The number of amides is 1. The number of halogens is 3. The molecule has 13 heteroatoms. The van der Waals surface area contributed by atoms with Crippen molar-refractivity contribution in [1.82, 2.24) is 25.1 Å². The lowest BCUT2D eigenvalue weighted by molar-refractivity contribution is -0.138. The lowest BCUT2D eigenvalue weighted by Crippen LogP contribution is -2.49. The summed E-state index contributed by atoms with van der Waals surface area (Å²) in [7, 11) is 0. The first-order valence-corrected chi connectivity index (χ1v) is 9.10. The first-order valence-electron chi connectivity index (χ1n) is 9.10. The van der Waals surface area contributed by atoms with Crippen molar-refractivity contribution in [2.45, 2.75) is 13.1 Å². The molecule has 3 rings (SSSR count). The van der Waals surface area contributed by atoms with E-state index in [0.717, 1.165) is 12.4 Å². The number of carbonyl (C=O) groups is 1. The highest BCUT2D eigenvalue weighted by molar-refractivity contribution is 5.68. The highest BCUT2D eigenvalue weighted by atomic mass is 19.4. The van der Waals surface area contributed by atoms with Crippen LogP contribution in [0.5, 0.6) is 0 Å². The molecule has 1 fully saturated rings. The summed E-state index contributed by atoms with van der Waals surface area (Å²) in [5.41, 5.74) is -0.665. The molecule has 0 saturated carbocycles. The largest absolute Gasteiger partial charge is 0.448 e. The number of aromatic amines is 1. The summed E-state index contributed by atoms with van der Waals surface area (Å²) in [6, 6.07) is 1.59. The molecule has 1 aliphatic heterocycles. The zero-order chi connectivity index (χ0) is 21.7. The van der Waals surface area contributed by atoms with E-state index in [4.69, 9.17) is 4.74 Å². The molecule has 0 bridgehead atoms. The number of hydrogen-bond acceptors (Lipinski definition) is 8. The van der Waals surface area contributed by atoms with Gasteiger partial charge in [-0.25, -0.2) is 19.9 Å². The molecular formula is C17H20F3N7O3. The third kappa shape index (κ3) is 5.36. The minimum absolute atomic E-state index is 0.0981. The van der Waals surface area contributed by atoms with Crippen molar-refractivity contribution in [3.05, 3.63) is 39.9 Å². The molecule has 2 aromatic rings. The Morgan fingerprint density at radius 3 is 2.50 bits per heavy atom. The Balaban J connectivity index is 1.40. The second kappa shape index (κ2) is 8.97. The predicted molar refractivity (Wildman–Crippen MR) is 100 cm³/mol. The molecule has 0 unspecified atom stereocenters. The maximum atomic E-state index is 12.6. The van der Waals surface area contributed by atoms with Gasteiger partial charge in [-0.05, 0) is 13.0 Å². The Labute approximate surface area is 169 Å². The number of rotatable bonds is 5. The van der Waals surface area contributed by atoms with E-state index in [1.54, 1.807) is 17.9 Å². The van der Waals surface area contributed by atoms with Crippen LogP contribution in [0.3, 0.4) is 0 Å². The van der Waals surface area contributed by atoms with E-state index in [0.29, 0.717) is 44.1 Å². The van der Waals surface area contributed by atoms with Crippen molar-refractivity contribution >= 4 is 17.9 Å². The Morgan fingerprint density at radius 1 is 1.23 bits per heavy atom. The van der Waals surface area contributed by atoms with E-state index < -0.39 is 17.8 Å². The fraction of sp³-hybridized carbons (Fsp3) is 0.471. The Bertz CT molecular complexity index is 925. The normalized spacial score (nSPS) is 14.5. The number of hydrogen-bond donors (Lipinski definition) is 2. The third-order valence-corrected chi connectivity index (χ3v) is 4.41. The van der Waals surface area contributed by atoms with Crippen molar-refractivity contribution in [1.29, 1.82) is 0 Å². The summed E-state index contributed by atoms with van der Waals surface area (Å²) in [6.45, 7) is 3.47. The molecular weight excluding hydrogens is 407 g/mol. The minimum Gasteiger partial charge on any atom is -0.448 e. The van der Waals surface area contributed by atoms with Crippen LogP contribution in [0.4, 0.5) is 29.7 Å². The average molecular weight is 427 g/mol. The summed E-state index contributed by atoms with van der Waals surface area (Å²) in [4.78, 5) is 34.1. The highest BCUT2D eigenvalue weighted by Crippen LogP contribution is 2.28. The SMILES string of the molecule is Cc1cc(NCCOC(=O)N2CCN(c3ncc(C(F)(F)F)cn3)CC2)n[nH]c1=O. The number of carbonyl (C=O) groups excluding carboxylic acids is 1. The van der Waals surface area contributed by atoms with Gasteiger partial charge in [-0.2, -0.15) is 18.3 Å². The first-order chi connectivity index (χ1) is 14.2. The number of aryl methyl sites for hydroxylation is 1. The quantitative estimate of drug-likeness (QED) is 0.685. The minimum atomic E-state index is -4.48. The molecule has 3 heterocycles. The number of anilines is 2. The molecule has 2 N–H and O–H groups in total. The third-order valence-electron chi connectivity index (χ3n) is 4.41. The van der Waals surface area contributed by atoms with Crippen LogP contribution in [0.15, 0.2) is 23.3 Å². The van der Waals surface area contributed by atoms with Gasteiger partial charge < -0.3 is 19.9 Å². The number of nitrogens with zero attached hydrogens (tertiary/aromatic N) is 5. The van der Waals surface area contributed by atoms with Crippen LogP contribution in [0.25, 0.3) is 0 Å². The van der Waals surface area contributed by atoms with E-state index in [-0.39, 0.29) is 18.1 Å². The molecule has 162 valence electrons. The summed E-state index contributed by atoms with van der Waals surface area (Å²) in [5, 5.41) is 9.10. The van der Waals surface area contributed by atoms with Crippen molar-refractivity contribution in [2.75, 3.05) is 49.5 Å². The van der Waals surface area contributed by atoms with Crippen molar-refractivity contribution in [3.63, 3.8) is 0 Å². The van der Waals surface area contributed by atoms with Crippen LogP contribution in [-0.4, -0.2) is 70.5 Å². The zero-order valence-electron chi connectivity index (χ0n) is 16.1. The molecule has 0 radical (unpaired) electrons. The van der Waals surface area contributed by atoms with E-state index in [2.05, 4.69) is 25.5 Å². The van der Waals surface area contributed by atoms with E-state index >= 15 is 0 Å². The van der Waals surface area contributed by atoms with Gasteiger partial charge in [0.05, 0.1) is 12.1 Å². The van der Waals surface area contributed by atoms with Gasteiger partial charge in [0.2, 0.25) is 5.95 Å². The molecule has 30 heavy (non-hydrogen) atoms. The maximum Gasteiger partial charge on any atom is 0.419 e. The van der Waals surface area contributed by atoms with Gasteiger partial charge >= 0.3 is 12.3 Å². The fourth-order valence-electron chi connectivity index (χ4n) is 2.72. The number of H-pyrrole nitrogens is 1. The smallest absolute Gasteiger partial charge is 0.419 e. The lowest BCUT2D eigenvalue weighted by Gasteiger charge is -2.34. The lowest BCUT2D eigenvalue weighted by atomic mass is 10.3. The molecule has 0 atom stereocenters. The first kappa shape index (κ1) is 21.3. The molecule has 0 aromatic carbocycles. The number of alkyl halides is 3. The van der Waals surface area contributed by atoms with Gasteiger partial charge in [-0.15, -0.1) is 0 Å². The summed E-state index contributed by atoms with van der Waals surface area (Å²) in [6.07, 6.45) is -3.48. The maximum absolute atomic E-state index is 12.6. The predicted octanol–water partition coefficient (Wildman–Crippen LogP) is 1.26. The summed E-state index contributed by atoms with van der Waals surface area (Å²) < 4.78 is 43.0. The van der Waals surface area contributed by atoms with E-state index in [1.807, 2.05) is 0 Å². The topological polar surface area (TPSA) is 116 Å². The summed E-state index contributed by atoms with van der Waals surface area (Å²) >= 11 is 0. The number of nitrogens with one attached hydrogen (secondary N) is 2. The van der Waals surface area contributed by atoms with Crippen molar-refractivity contribution in [3.8, 4) is 0 Å². The van der Waals surface area contributed by atoms with E-state index in [1.165, 1.54) is 4.90 Å². The average Bonchev–Trinajstić information content (AvgIpc) is 2.73. The van der Waals surface area contributed by atoms with Gasteiger partial charge in [0, 0.05) is 44.1 Å².